The molecule has 24 heavy (non-hydrogen) atoms. The van der Waals surface area contributed by atoms with E-state index in [1.807, 2.05) is 0 Å². The third-order valence-corrected chi connectivity index (χ3v) is 6.06. The summed E-state index contributed by atoms with van der Waals surface area (Å²) in [6.45, 7) is 3.08. The average molecular weight is 379 g/mol. The number of carboxylic acids is 1. The molecule has 0 aliphatic heterocycles. The first-order chi connectivity index (χ1) is 10.8. The molecular formula is C14H21NO7S2. The van der Waals surface area contributed by atoms with Gasteiger partial charge >= 0.3 is 5.97 Å². The van der Waals surface area contributed by atoms with E-state index in [0.717, 1.165) is 12.3 Å². The number of aliphatic carboxylic acids is 1. The summed E-state index contributed by atoms with van der Waals surface area (Å²) in [5.74, 6) is -1.05. The van der Waals surface area contributed by atoms with Crippen molar-refractivity contribution in [2.24, 2.45) is 0 Å². The summed E-state index contributed by atoms with van der Waals surface area (Å²) in [6.07, 6.45) is 0.821. The SMILES string of the molecule is COc1ccc(S(C)(=O)=O)cc1S(=O)(=O)NC(C)(C)CCC(=O)O. The van der Waals surface area contributed by atoms with Crippen LogP contribution >= 0.6 is 0 Å². The molecule has 0 saturated heterocycles. The van der Waals surface area contributed by atoms with Crippen molar-refractivity contribution in [1.29, 1.82) is 0 Å². The second-order valence-corrected chi connectivity index (χ2v) is 9.63. The summed E-state index contributed by atoms with van der Waals surface area (Å²) in [5.41, 5.74) is -1.04. The van der Waals surface area contributed by atoms with E-state index in [9.17, 15) is 21.6 Å². The number of carbonyl (C=O) groups is 1. The van der Waals surface area contributed by atoms with Crippen molar-refractivity contribution in [2.75, 3.05) is 13.4 Å². The molecule has 8 nitrogen and oxygen atoms in total. The summed E-state index contributed by atoms with van der Waals surface area (Å²) in [4.78, 5) is 10.2. The maximum Gasteiger partial charge on any atom is 0.303 e. The summed E-state index contributed by atoms with van der Waals surface area (Å²) in [7, 11) is -6.46. The van der Waals surface area contributed by atoms with Gasteiger partial charge in [0.1, 0.15) is 10.6 Å². The lowest BCUT2D eigenvalue weighted by Crippen LogP contribution is -2.43. The standard InChI is InChI=1S/C14H21NO7S2/c1-14(2,8-7-13(16)17)15-24(20,21)12-9-10(23(4,18)19)5-6-11(12)22-3/h5-6,9,15H,7-8H2,1-4H3,(H,16,17). The molecule has 0 aliphatic rings. The number of sulfone groups is 1. The van der Waals surface area contributed by atoms with Gasteiger partial charge in [-0.25, -0.2) is 21.6 Å². The van der Waals surface area contributed by atoms with Crippen molar-refractivity contribution < 1.29 is 31.5 Å². The number of sulfonamides is 1. The highest BCUT2D eigenvalue weighted by Crippen LogP contribution is 2.28. The Morgan fingerprint density at radius 2 is 1.83 bits per heavy atom. The third-order valence-electron chi connectivity index (χ3n) is 3.23. The fourth-order valence-corrected chi connectivity index (χ4v) is 4.35. The van der Waals surface area contributed by atoms with Gasteiger partial charge in [0, 0.05) is 18.2 Å². The predicted molar refractivity (Wildman–Crippen MR) is 87.4 cm³/mol. The minimum absolute atomic E-state index is 0.0102. The largest absolute Gasteiger partial charge is 0.495 e. The predicted octanol–water partition coefficient (Wildman–Crippen LogP) is 1.02. The van der Waals surface area contributed by atoms with Gasteiger partial charge in [0.25, 0.3) is 0 Å². The van der Waals surface area contributed by atoms with Gasteiger partial charge in [-0.15, -0.1) is 0 Å². The van der Waals surface area contributed by atoms with Crippen LogP contribution in [0.4, 0.5) is 0 Å². The molecule has 0 radical (unpaired) electrons. The van der Waals surface area contributed by atoms with Gasteiger partial charge in [-0.05, 0) is 38.5 Å². The zero-order valence-corrected chi connectivity index (χ0v) is 15.5. The Morgan fingerprint density at radius 1 is 1.25 bits per heavy atom. The second kappa shape index (κ2) is 7.08. The van der Waals surface area contributed by atoms with Crippen LogP contribution in [0.15, 0.2) is 28.0 Å². The fourth-order valence-electron chi connectivity index (χ4n) is 1.99. The van der Waals surface area contributed by atoms with Crippen molar-refractivity contribution in [3.63, 3.8) is 0 Å². The van der Waals surface area contributed by atoms with Gasteiger partial charge in [0.15, 0.2) is 9.84 Å². The molecule has 10 heteroatoms. The van der Waals surface area contributed by atoms with E-state index in [1.165, 1.54) is 19.2 Å². The van der Waals surface area contributed by atoms with Gasteiger partial charge in [-0.2, -0.15) is 0 Å². The Kier molecular flexibility index (Phi) is 6.01. The molecule has 0 fully saturated rings. The zero-order chi connectivity index (χ0) is 18.8. The summed E-state index contributed by atoms with van der Waals surface area (Å²) >= 11 is 0. The zero-order valence-electron chi connectivity index (χ0n) is 13.9. The van der Waals surface area contributed by atoms with Crippen molar-refractivity contribution in [3.8, 4) is 5.75 Å². The van der Waals surface area contributed by atoms with Crippen LogP contribution in [-0.4, -0.2) is 46.8 Å². The van der Waals surface area contributed by atoms with E-state index < -0.39 is 31.4 Å². The quantitative estimate of drug-likeness (QED) is 0.690. The molecule has 1 aromatic carbocycles. The Bertz CT molecular complexity index is 827. The third kappa shape index (κ3) is 5.46. The van der Waals surface area contributed by atoms with Crippen LogP contribution in [-0.2, 0) is 24.7 Å². The molecule has 0 aliphatic carbocycles. The molecule has 136 valence electrons. The number of benzene rings is 1. The molecule has 1 rings (SSSR count). The Labute approximate surface area is 141 Å². The maximum absolute atomic E-state index is 12.6. The fraction of sp³-hybridized carbons (Fsp3) is 0.500. The Morgan fingerprint density at radius 3 is 2.29 bits per heavy atom. The number of carboxylic acid groups (broad SMARTS) is 1. The number of rotatable bonds is 8. The van der Waals surface area contributed by atoms with Crippen LogP contribution in [0.2, 0.25) is 0 Å². The number of nitrogens with one attached hydrogen (secondary N) is 1. The molecule has 0 saturated carbocycles. The van der Waals surface area contributed by atoms with Gasteiger partial charge in [-0.1, -0.05) is 0 Å². The first-order valence-corrected chi connectivity index (χ1v) is 10.3. The molecule has 0 aromatic heterocycles. The lowest BCUT2D eigenvalue weighted by molar-refractivity contribution is -0.137. The van der Waals surface area contributed by atoms with Crippen LogP contribution in [0.1, 0.15) is 26.7 Å². The lowest BCUT2D eigenvalue weighted by atomic mass is 10.0. The maximum atomic E-state index is 12.6. The molecule has 0 atom stereocenters. The monoisotopic (exact) mass is 379 g/mol. The highest BCUT2D eigenvalue weighted by molar-refractivity contribution is 7.91. The first kappa shape index (κ1) is 20.4. The topological polar surface area (TPSA) is 127 Å². The van der Waals surface area contributed by atoms with E-state index in [-0.39, 0.29) is 28.4 Å². The number of hydrogen-bond acceptors (Lipinski definition) is 6. The molecule has 0 amide bonds. The second-order valence-electron chi connectivity index (χ2n) is 5.97. The average Bonchev–Trinajstić information content (AvgIpc) is 2.42. The Hall–Kier alpha value is -1.65. The lowest BCUT2D eigenvalue weighted by Gasteiger charge is -2.25. The van der Waals surface area contributed by atoms with E-state index in [4.69, 9.17) is 9.84 Å². The van der Waals surface area contributed by atoms with Gasteiger partial charge in [0.05, 0.1) is 12.0 Å². The normalized spacial score (nSPS) is 12.8. The Balaban J connectivity index is 3.29. The first-order valence-electron chi connectivity index (χ1n) is 6.92. The molecular weight excluding hydrogens is 358 g/mol. The molecule has 2 N–H and O–H groups in total. The summed E-state index contributed by atoms with van der Waals surface area (Å²) < 4.78 is 55.9. The molecule has 0 spiro atoms. The molecule has 0 bridgehead atoms. The number of methoxy groups -OCH3 is 1. The van der Waals surface area contributed by atoms with Crippen LogP contribution in [0, 0.1) is 0 Å². The minimum atomic E-state index is -4.12. The van der Waals surface area contributed by atoms with E-state index >= 15 is 0 Å². The van der Waals surface area contributed by atoms with Crippen LogP contribution in [0.25, 0.3) is 0 Å². The molecule has 0 heterocycles. The van der Waals surface area contributed by atoms with Crippen molar-refractivity contribution >= 4 is 25.8 Å². The highest BCUT2D eigenvalue weighted by atomic mass is 32.2. The highest BCUT2D eigenvalue weighted by Gasteiger charge is 2.29. The van der Waals surface area contributed by atoms with Crippen molar-refractivity contribution in [3.05, 3.63) is 18.2 Å². The summed E-state index contributed by atoms with van der Waals surface area (Å²) in [5, 5.41) is 8.74. The summed E-state index contributed by atoms with van der Waals surface area (Å²) in [6, 6.07) is 3.53. The van der Waals surface area contributed by atoms with E-state index in [2.05, 4.69) is 4.72 Å². The van der Waals surface area contributed by atoms with Gasteiger partial charge in [-0.3, -0.25) is 4.79 Å². The molecule has 1 aromatic rings. The van der Waals surface area contributed by atoms with E-state index in [1.54, 1.807) is 13.8 Å². The number of hydrogen-bond donors (Lipinski definition) is 2. The van der Waals surface area contributed by atoms with Gasteiger partial charge in [0.2, 0.25) is 10.0 Å². The van der Waals surface area contributed by atoms with Crippen LogP contribution < -0.4 is 9.46 Å². The van der Waals surface area contributed by atoms with Crippen LogP contribution in [0.5, 0.6) is 5.75 Å². The molecule has 0 unspecified atom stereocenters. The number of ether oxygens (including phenoxy) is 1. The minimum Gasteiger partial charge on any atom is -0.495 e. The van der Waals surface area contributed by atoms with E-state index in [0.29, 0.717) is 0 Å². The van der Waals surface area contributed by atoms with Crippen molar-refractivity contribution in [2.45, 2.75) is 42.0 Å². The van der Waals surface area contributed by atoms with Gasteiger partial charge < -0.3 is 9.84 Å². The smallest absolute Gasteiger partial charge is 0.303 e. The van der Waals surface area contributed by atoms with Crippen LogP contribution in [0.3, 0.4) is 0 Å². The van der Waals surface area contributed by atoms with Crippen molar-refractivity contribution in [1.82, 2.24) is 4.72 Å².